The first-order valence-electron chi connectivity index (χ1n) is 11.8. The Morgan fingerprint density at radius 1 is 0.892 bits per heavy atom. The SMILES string of the molecule is COc1cc(OC)cc(N(CCCc2nccc(O)n2)c2ccc3ncc(-c4cnn(C)c4)nc3c2)c1. The molecular formula is C27H27N7O3. The monoisotopic (exact) mass is 497 g/mol. The highest BCUT2D eigenvalue weighted by Crippen LogP contribution is 2.34. The van der Waals surface area contributed by atoms with E-state index in [0.29, 0.717) is 30.3 Å². The molecule has 3 aromatic heterocycles. The van der Waals surface area contributed by atoms with Crippen molar-refractivity contribution >= 4 is 22.4 Å². The Bertz CT molecular complexity index is 1510. The maximum absolute atomic E-state index is 9.69. The molecule has 0 saturated heterocycles. The first kappa shape index (κ1) is 24.0. The number of nitrogens with zero attached hydrogens (tertiary/aromatic N) is 7. The van der Waals surface area contributed by atoms with Gasteiger partial charge in [0.25, 0.3) is 0 Å². The van der Waals surface area contributed by atoms with Gasteiger partial charge in [-0.2, -0.15) is 10.1 Å². The number of anilines is 2. The molecule has 10 heteroatoms. The Hall–Kier alpha value is -4.73. The summed E-state index contributed by atoms with van der Waals surface area (Å²) in [7, 11) is 5.14. The number of hydrogen-bond donors (Lipinski definition) is 1. The van der Waals surface area contributed by atoms with Gasteiger partial charge in [0.05, 0.1) is 43.3 Å². The summed E-state index contributed by atoms with van der Waals surface area (Å²) in [6.45, 7) is 0.649. The van der Waals surface area contributed by atoms with Crippen LogP contribution in [0.4, 0.5) is 11.4 Å². The van der Waals surface area contributed by atoms with E-state index in [0.717, 1.165) is 40.1 Å². The minimum atomic E-state index is -0.0306. The van der Waals surface area contributed by atoms with Crippen molar-refractivity contribution in [1.29, 1.82) is 0 Å². The molecule has 0 atom stereocenters. The highest BCUT2D eigenvalue weighted by atomic mass is 16.5. The maximum atomic E-state index is 9.69. The summed E-state index contributed by atoms with van der Waals surface area (Å²) in [5.41, 5.74) is 5.08. The number of methoxy groups -OCH3 is 2. The molecule has 0 bridgehead atoms. The van der Waals surface area contributed by atoms with E-state index in [1.165, 1.54) is 6.07 Å². The van der Waals surface area contributed by atoms with Gasteiger partial charge in [-0.15, -0.1) is 0 Å². The second-order valence-corrected chi connectivity index (χ2v) is 8.49. The van der Waals surface area contributed by atoms with Gasteiger partial charge in [0, 0.05) is 73.6 Å². The van der Waals surface area contributed by atoms with Crippen molar-refractivity contribution in [1.82, 2.24) is 29.7 Å². The summed E-state index contributed by atoms with van der Waals surface area (Å²) in [4.78, 5) is 20.0. The van der Waals surface area contributed by atoms with Crippen LogP contribution in [0, 0.1) is 0 Å². The highest BCUT2D eigenvalue weighted by Gasteiger charge is 2.15. The molecule has 5 aromatic rings. The number of ether oxygens (including phenoxy) is 2. The zero-order chi connectivity index (χ0) is 25.8. The molecule has 37 heavy (non-hydrogen) atoms. The molecule has 0 fully saturated rings. The molecule has 1 N–H and O–H groups in total. The second-order valence-electron chi connectivity index (χ2n) is 8.49. The number of aromatic hydroxyl groups is 1. The molecule has 0 spiro atoms. The van der Waals surface area contributed by atoms with Gasteiger partial charge in [-0.25, -0.2) is 9.97 Å². The fraction of sp³-hybridized carbons (Fsp3) is 0.222. The van der Waals surface area contributed by atoms with Crippen molar-refractivity contribution in [3.05, 3.63) is 73.1 Å². The van der Waals surface area contributed by atoms with Crippen LogP contribution in [0.2, 0.25) is 0 Å². The molecule has 5 rings (SSSR count). The van der Waals surface area contributed by atoms with Crippen LogP contribution in [-0.2, 0) is 13.5 Å². The van der Waals surface area contributed by atoms with Gasteiger partial charge in [0.15, 0.2) is 0 Å². The van der Waals surface area contributed by atoms with E-state index in [2.05, 4.69) is 25.0 Å². The lowest BCUT2D eigenvalue weighted by molar-refractivity contribution is 0.394. The van der Waals surface area contributed by atoms with E-state index in [-0.39, 0.29) is 5.88 Å². The Kier molecular flexibility index (Phi) is 6.80. The third kappa shape index (κ3) is 5.43. The van der Waals surface area contributed by atoms with Crippen LogP contribution in [0.25, 0.3) is 22.3 Å². The van der Waals surface area contributed by atoms with E-state index in [4.69, 9.17) is 14.5 Å². The van der Waals surface area contributed by atoms with Crippen molar-refractivity contribution in [2.24, 2.45) is 7.05 Å². The van der Waals surface area contributed by atoms with Gasteiger partial charge in [-0.05, 0) is 24.6 Å². The summed E-state index contributed by atoms with van der Waals surface area (Å²) < 4.78 is 12.8. The molecule has 0 aliphatic rings. The van der Waals surface area contributed by atoms with Gasteiger partial charge >= 0.3 is 0 Å². The van der Waals surface area contributed by atoms with Crippen LogP contribution >= 0.6 is 0 Å². The van der Waals surface area contributed by atoms with E-state index in [1.54, 1.807) is 37.5 Å². The van der Waals surface area contributed by atoms with Crippen molar-refractivity contribution < 1.29 is 14.6 Å². The number of fused-ring (bicyclic) bond motifs is 1. The number of rotatable bonds is 9. The third-order valence-corrected chi connectivity index (χ3v) is 5.96. The van der Waals surface area contributed by atoms with Gasteiger partial charge in [0.2, 0.25) is 5.88 Å². The number of aryl methyl sites for hydroxylation is 2. The lowest BCUT2D eigenvalue weighted by Gasteiger charge is -2.26. The minimum Gasteiger partial charge on any atom is -0.497 e. The fourth-order valence-electron chi connectivity index (χ4n) is 4.12. The summed E-state index contributed by atoms with van der Waals surface area (Å²) in [6.07, 6.45) is 8.35. The average molecular weight is 498 g/mol. The van der Waals surface area contributed by atoms with E-state index >= 15 is 0 Å². The third-order valence-electron chi connectivity index (χ3n) is 5.96. The quantitative estimate of drug-likeness (QED) is 0.318. The molecule has 0 radical (unpaired) electrons. The van der Waals surface area contributed by atoms with Crippen molar-refractivity contribution in [2.75, 3.05) is 25.7 Å². The normalized spacial score (nSPS) is 11.0. The summed E-state index contributed by atoms with van der Waals surface area (Å²) in [5.74, 6) is 1.94. The van der Waals surface area contributed by atoms with Gasteiger partial charge in [-0.1, -0.05) is 0 Å². The Morgan fingerprint density at radius 2 is 1.70 bits per heavy atom. The molecule has 0 unspecified atom stereocenters. The van der Waals surface area contributed by atoms with Crippen LogP contribution < -0.4 is 14.4 Å². The Labute approximate surface area is 214 Å². The Morgan fingerprint density at radius 3 is 2.41 bits per heavy atom. The molecule has 0 saturated carbocycles. The lowest BCUT2D eigenvalue weighted by Crippen LogP contribution is -2.19. The summed E-state index contributed by atoms with van der Waals surface area (Å²) in [5, 5.41) is 13.9. The topological polar surface area (TPSA) is 111 Å². The van der Waals surface area contributed by atoms with Gasteiger partial charge in [-0.3, -0.25) is 9.67 Å². The lowest BCUT2D eigenvalue weighted by atomic mass is 10.1. The van der Waals surface area contributed by atoms with Gasteiger partial charge < -0.3 is 19.5 Å². The van der Waals surface area contributed by atoms with Crippen LogP contribution in [0.1, 0.15) is 12.2 Å². The number of benzene rings is 2. The van der Waals surface area contributed by atoms with Crippen LogP contribution in [0.15, 0.2) is 67.3 Å². The largest absolute Gasteiger partial charge is 0.497 e. The number of hydrogen-bond acceptors (Lipinski definition) is 9. The predicted octanol–water partition coefficient (Wildman–Crippen LogP) is 4.31. The predicted molar refractivity (Wildman–Crippen MR) is 140 cm³/mol. The van der Waals surface area contributed by atoms with Crippen molar-refractivity contribution in [3.63, 3.8) is 0 Å². The zero-order valence-electron chi connectivity index (χ0n) is 20.9. The molecule has 0 aliphatic carbocycles. The Balaban J connectivity index is 1.51. The molecule has 0 aliphatic heterocycles. The molecule has 188 valence electrons. The van der Waals surface area contributed by atoms with Crippen LogP contribution in [0.5, 0.6) is 17.4 Å². The first-order chi connectivity index (χ1) is 18.0. The van der Waals surface area contributed by atoms with E-state index in [1.807, 2.05) is 49.6 Å². The maximum Gasteiger partial charge on any atom is 0.214 e. The van der Waals surface area contributed by atoms with E-state index in [9.17, 15) is 5.11 Å². The smallest absolute Gasteiger partial charge is 0.214 e. The summed E-state index contributed by atoms with van der Waals surface area (Å²) >= 11 is 0. The molecule has 10 nitrogen and oxygen atoms in total. The summed E-state index contributed by atoms with van der Waals surface area (Å²) in [6, 6.07) is 13.3. The first-order valence-corrected chi connectivity index (χ1v) is 11.8. The minimum absolute atomic E-state index is 0.0306. The van der Waals surface area contributed by atoms with Crippen LogP contribution in [-0.4, -0.2) is 55.6 Å². The molecule has 0 amide bonds. The zero-order valence-corrected chi connectivity index (χ0v) is 20.9. The van der Waals surface area contributed by atoms with Crippen molar-refractivity contribution in [2.45, 2.75) is 12.8 Å². The molecule has 2 aromatic carbocycles. The molecular weight excluding hydrogens is 470 g/mol. The average Bonchev–Trinajstić information content (AvgIpc) is 3.36. The van der Waals surface area contributed by atoms with Gasteiger partial charge in [0.1, 0.15) is 17.3 Å². The fourth-order valence-corrected chi connectivity index (χ4v) is 4.12. The molecule has 3 heterocycles. The van der Waals surface area contributed by atoms with E-state index < -0.39 is 0 Å². The highest BCUT2D eigenvalue weighted by molar-refractivity contribution is 5.82. The standard InChI is InChI=1S/C27H27N7O3/c1-33-17-18(15-30-33)25-16-29-23-7-6-19(13-24(23)31-25)34(10-4-5-26-28-9-8-27(35)32-26)20-11-21(36-2)14-22(12-20)37-3/h6-9,11-17H,4-5,10H2,1-3H3,(H,28,32,35). The van der Waals surface area contributed by atoms with Crippen LogP contribution in [0.3, 0.4) is 0 Å². The second kappa shape index (κ2) is 10.5. The number of aromatic nitrogens is 6. The van der Waals surface area contributed by atoms with Crippen molar-refractivity contribution in [3.8, 4) is 28.6 Å².